The summed E-state index contributed by atoms with van der Waals surface area (Å²) in [5.41, 5.74) is 12.2. The lowest BCUT2D eigenvalue weighted by Crippen LogP contribution is -1.98. The SMILES string of the molecule is c1ccc(-c2ccc3c(c2)c2cc4c5ccc(-c6ccc7ccccc7c6)cc5c5ccccc5c4cc2n3-c2cc(-c3ccc4ccccc4c3)nc(-c3ccc4ccccc4c3)c2)cc1. The highest BCUT2D eigenvalue weighted by Gasteiger charge is 2.20. The molecule has 2 heterocycles. The maximum absolute atomic E-state index is 5.47. The summed E-state index contributed by atoms with van der Waals surface area (Å²) in [5.74, 6) is 0. The summed E-state index contributed by atoms with van der Waals surface area (Å²) >= 11 is 0. The summed E-state index contributed by atoms with van der Waals surface area (Å²) in [6.45, 7) is 0. The zero-order valence-electron chi connectivity index (χ0n) is 36.5. The van der Waals surface area contributed by atoms with E-state index >= 15 is 0 Å². The molecule has 0 radical (unpaired) electrons. The van der Waals surface area contributed by atoms with Crippen molar-refractivity contribution in [1.82, 2.24) is 9.55 Å². The zero-order chi connectivity index (χ0) is 44.0. The lowest BCUT2D eigenvalue weighted by Gasteiger charge is -2.15. The predicted molar refractivity (Wildman–Crippen MR) is 285 cm³/mol. The molecule has 67 heavy (non-hydrogen) atoms. The van der Waals surface area contributed by atoms with Gasteiger partial charge in [-0.1, -0.05) is 182 Å². The van der Waals surface area contributed by atoms with Gasteiger partial charge < -0.3 is 4.57 Å². The maximum Gasteiger partial charge on any atom is 0.0730 e. The lowest BCUT2D eigenvalue weighted by molar-refractivity contribution is 1.16. The molecular weight excluding hydrogens is 809 g/mol. The van der Waals surface area contributed by atoms with E-state index in [4.69, 9.17) is 4.98 Å². The molecule has 0 N–H and O–H groups in total. The average molecular weight is 849 g/mol. The average Bonchev–Trinajstić information content (AvgIpc) is 3.72. The first-order valence-electron chi connectivity index (χ1n) is 23.1. The van der Waals surface area contributed by atoms with E-state index in [0.717, 1.165) is 39.2 Å². The molecule has 0 saturated carbocycles. The van der Waals surface area contributed by atoms with Crippen molar-refractivity contribution < 1.29 is 0 Å². The zero-order valence-corrected chi connectivity index (χ0v) is 36.5. The van der Waals surface area contributed by atoms with Crippen molar-refractivity contribution in [3.8, 4) is 50.5 Å². The van der Waals surface area contributed by atoms with Gasteiger partial charge in [-0.15, -0.1) is 0 Å². The van der Waals surface area contributed by atoms with Crippen LogP contribution >= 0.6 is 0 Å². The van der Waals surface area contributed by atoms with E-state index in [1.807, 2.05) is 0 Å². The van der Waals surface area contributed by atoms with Crippen molar-refractivity contribution in [2.75, 3.05) is 0 Å². The van der Waals surface area contributed by atoms with E-state index in [0.29, 0.717) is 0 Å². The first-order chi connectivity index (χ1) is 33.2. The van der Waals surface area contributed by atoms with Gasteiger partial charge in [0.15, 0.2) is 0 Å². The Bertz CT molecular complexity index is 4230. The Kier molecular flexibility index (Phi) is 8.32. The fourth-order valence-electron chi connectivity index (χ4n) is 10.7. The lowest BCUT2D eigenvalue weighted by atomic mass is 9.91. The Morgan fingerprint density at radius 2 is 0.642 bits per heavy atom. The third-order valence-electron chi connectivity index (χ3n) is 14.1. The molecule has 0 fully saturated rings. The number of pyridine rings is 1. The van der Waals surface area contributed by atoms with Gasteiger partial charge in [-0.25, -0.2) is 4.98 Å². The molecule has 14 rings (SSSR count). The molecule has 2 nitrogen and oxygen atoms in total. The first kappa shape index (κ1) is 37.5. The van der Waals surface area contributed by atoms with Crippen molar-refractivity contribution in [3.63, 3.8) is 0 Å². The molecule has 2 aromatic heterocycles. The molecule has 0 unspecified atom stereocenters. The van der Waals surface area contributed by atoms with Crippen molar-refractivity contribution in [2.45, 2.75) is 0 Å². The first-order valence-corrected chi connectivity index (χ1v) is 23.1. The van der Waals surface area contributed by atoms with E-state index in [9.17, 15) is 0 Å². The van der Waals surface area contributed by atoms with Gasteiger partial charge in [-0.3, -0.25) is 0 Å². The highest BCUT2D eigenvalue weighted by molar-refractivity contribution is 6.29. The van der Waals surface area contributed by atoms with Crippen LogP contribution in [0.25, 0.3) is 137 Å². The number of fused-ring (bicyclic) bond motifs is 12. The molecule has 0 aliphatic carbocycles. The van der Waals surface area contributed by atoms with Crippen LogP contribution in [0, 0.1) is 0 Å². The largest absolute Gasteiger partial charge is 0.309 e. The molecule has 0 saturated heterocycles. The van der Waals surface area contributed by atoms with E-state index < -0.39 is 0 Å². The normalized spacial score (nSPS) is 11.9. The van der Waals surface area contributed by atoms with Gasteiger partial charge in [0.05, 0.1) is 28.1 Å². The summed E-state index contributed by atoms with van der Waals surface area (Å²) < 4.78 is 2.48. The highest BCUT2D eigenvalue weighted by Crippen LogP contribution is 2.44. The minimum absolute atomic E-state index is 0.932. The predicted octanol–water partition coefficient (Wildman–Crippen LogP) is 17.8. The maximum atomic E-state index is 5.47. The number of nitrogens with zero attached hydrogens (tertiary/aromatic N) is 2. The van der Waals surface area contributed by atoms with Gasteiger partial charge in [0.1, 0.15) is 0 Å². The molecular formula is C65H40N2. The Morgan fingerprint density at radius 1 is 0.224 bits per heavy atom. The second-order valence-electron chi connectivity index (χ2n) is 17.9. The Labute approximate surface area is 387 Å². The van der Waals surface area contributed by atoms with Crippen LogP contribution in [0.1, 0.15) is 0 Å². The fourth-order valence-corrected chi connectivity index (χ4v) is 10.7. The third-order valence-corrected chi connectivity index (χ3v) is 14.1. The summed E-state index contributed by atoms with van der Waals surface area (Å²) in [6.07, 6.45) is 0. The summed E-state index contributed by atoms with van der Waals surface area (Å²) in [6, 6.07) is 89.2. The van der Waals surface area contributed by atoms with E-state index in [1.165, 1.54) is 97.7 Å². The fraction of sp³-hybridized carbons (Fsp3) is 0. The van der Waals surface area contributed by atoms with Crippen LogP contribution in [0.5, 0.6) is 0 Å². The smallest absolute Gasteiger partial charge is 0.0730 e. The molecule has 2 heteroatoms. The second kappa shape index (κ2) is 14.9. The van der Waals surface area contributed by atoms with Crippen molar-refractivity contribution >= 4 is 86.4 Å². The van der Waals surface area contributed by atoms with Crippen LogP contribution in [0.4, 0.5) is 0 Å². The monoisotopic (exact) mass is 848 g/mol. The molecule has 12 aromatic carbocycles. The van der Waals surface area contributed by atoms with Crippen molar-refractivity contribution in [2.24, 2.45) is 0 Å². The standard InChI is InChI=1S/C65H40N2/c1-2-12-41(13-3-1)49-29-31-64-60(36-49)61-39-58-56-30-28-50(48-25-22-42-14-4-7-17-45(42)32-48)35-57(56)54-20-10-11-21-55(54)59(58)40-65(61)67(64)53-37-62(51-26-23-43-15-5-8-18-46(43)33-51)66-63(38-53)52-27-24-44-16-6-9-19-47(44)34-52/h1-40H. The molecule has 310 valence electrons. The van der Waals surface area contributed by atoms with Gasteiger partial charge in [0.25, 0.3) is 0 Å². The molecule has 0 aliphatic heterocycles. The number of hydrogen-bond donors (Lipinski definition) is 0. The van der Waals surface area contributed by atoms with Crippen LogP contribution in [0.15, 0.2) is 243 Å². The summed E-state index contributed by atoms with van der Waals surface area (Å²) in [4.78, 5) is 5.47. The molecule has 0 amide bonds. The van der Waals surface area contributed by atoms with E-state index in [2.05, 4.69) is 247 Å². The van der Waals surface area contributed by atoms with Gasteiger partial charge >= 0.3 is 0 Å². The van der Waals surface area contributed by atoms with Crippen molar-refractivity contribution in [3.05, 3.63) is 243 Å². The summed E-state index contributed by atoms with van der Waals surface area (Å²) in [5, 5.41) is 17.2. The van der Waals surface area contributed by atoms with Crippen LogP contribution < -0.4 is 0 Å². The highest BCUT2D eigenvalue weighted by atomic mass is 15.0. The minimum Gasteiger partial charge on any atom is -0.309 e. The second-order valence-corrected chi connectivity index (χ2v) is 17.9. The van der Waals surface area contributed by atoms with E-state index in [-0.39, 0.29) is 0 Å². The van der Waals surface area contributed by atoms with Gasteiger partial charge in [-0.05, 0) is 148 Å². The van der Waals surface area contributed by atoms with Crippen LogP contribution in [-0.2, 0) is 0 Å². The van der Waals surface area contributed by atoms with E-state index in [1.54, 1.807) is 0 Å². The molecule has 0 atom stereocenters. The quantitative estimate of drug-likeness (QED) is 0.158. The topological polar surface area (TPSA) is 17.8 Å². The Morgan fingerprint density at radius 3 is 1.27 bits per heavy atom. The van der Waals surface area contributed by atoms with Crippen molar-refractivity contribution in [1.29, 1.82) is 0 Å². The number of aromatic nitrogens is 2. The molecule has 0 spiro atoms. The van der Waals surface area contributed by atoms with Gasteiger partial charge in [0.2, 0.25) is 0 Å². The molecule has 0 bridgehead atoms. The Hall–Kier alpha value is -8.85. The molecule has 14 aromatic rings. The van der Waals surface area contributed by atoms with Crippen LogP contribution in [0.2, 0.25) is 0 Å². The molecule has 0 aliphatic rings. The van der Waals surface area contributed by atoms with Gasteiger partial charge in [-0.2, -0.15) is 0 Å². The van der Waals surface area contributed by atoms with Crippen LogP contribution in [0.3, 0.4) is 0 Å². The third kappa shape index (κ3) is 6.15. The Balaban J connectivity index is 1.06. The van der Waals surface area contributed by atoms with Gasteiger partial charge in [0, 0.05) is 21.9 Å². The minimum atomic E-state index is 0.932. The number of rotatable bonds is 5. The number of hydrogen-bond acceptors (Lipinski definition) is 1. The van der Waals surface area contributed by atoms with Crippen LogP contribution in [-0.4, -0.2) is 9.55 Å². The summed E-state index contributed by atoms with van der Waals surface area (Å²) in [7, 11) is 0. The number of benzene rings is 12.